The van der Waals surface area contributed by atoms with E-state index in [2.05, 4.69) is 20.8 Å². The summed E-state index contributed by atoms with van der Waals surface area (Å²) in [6, 6.07) is 7.14. The quantitative estimate of drug-likeness (QED) is 0.747. The van der Waals surface area contributed by atoms with Crippen molar-refractivity contribution in [3.8, 4) is 0 Å². The Morgan fingerprint density at radius 3 is 2.50 bits per heavy atom. The lowest BCUT2D eigenvalue weighted by molar-refractivity contribution is 0.102. The first-order valence-electron chi connectivity index (χ1n) is 7.39. The van der Waals surface area contributed by atoms with Crippen LogP contribution in [0.25, 0.3) is 0 Å². The fourth-order valence-electron chi connectivity index (χ4n) is 2.08. The molecule has 0 aliphatic heterocycles. The summed E-state index contributed by atoms with van der Waals surface area (Å²) in [5.74, 6) is -2.56. The average Bonchev–Trinajstić information content (AvgIpc) is 3.03. The molecule has 132 valence electrons. The largest absolute Gasteiger partial charge is 0.360 e. The van der Waals surface area contributed by atoms with Gasteiger partial charge in [-0.15, -0.1) is 0 Å². The summed E-state index contributed by atoms with van der Waals surface area (Å²) in [4.78, 5) is 28.3. The van der Waals surface area contributed by atoms with E-state index < -0.39 is 23.4 Å². The number of hydrogen-bond donors (Lipinski definition) is 2. The number of benzene rings is 1. The molecule has 0 aliphatic rings. The minimum Gasteiger partial charge on any atom is -0.360 e. The van der Waals surface area contributed by atoms with Crippen molar-refractivity contribution in [2.75, 3.05) is 10.6 Å². The molecule has 3 rings (SSSR count). The van der Waals surface area contributed by atoms with E-state index in [9.17, 15) is 18.4 Å². The molecule has 0 saturated heterocycles. The predicted molar refractivity (Wildman–Crippen MR) is 87.7 cm³/mol. The van der Waals surface area contributed by atoms with Gasteiger partial charge in [0.05, 0.1) is 0 Å². The number of aromatic nitrogens is 2. The monoisotopic (exact) mass is 358 g/mol. The van der Waals surface area contributed by atoms with Gasteiger partial charge in [-0.1, -0.05) is 5.16 Å². The average molecular weight is 358 g/mol. The normalized spacial score (nSPS) is 10.4. The Balaban J connectivity index is 1.74. The molecule has 2 aromatic heterocycles. The van der Waals surface area contributed by atoms with Crippen molar-refractivity contribution < 1.29 is 22.9 Å². The van der Waals surface area contributed by atoms with Crippen LogP contribution in [0.5, 0.6) is 0 Å². The smallest absolute Gasteiger partial charge is 0.275 e. The highest BCUT2D eigenvalue weighted by atomic mass is 19.2. The zero-order chi connectivity index (χ0) is 18.7. The first kappa shape index (κ1) is 17.2. The summed E-state index contributed by atoms with van der Waals surface area (Å²) in [6.07, 6.45) is 1.28. The molecule has 2 N–H and O–H groups in total. The number of nitrogens with one attached hydrogen (secondary N) is 2. The Labute approximate surface area is 146 Å². The summed E-state index contributed by atoms with van der Waals surface area (Å²) in [6.45, 7) is 1.67. The van der Waals surface area contributed by atoms with E-state index in [4.69, 9.17) is 4.52 Å². The van der Waals surface area contributed by atoms with Gasteiger partial charge in [-0.3, -0.25) is 14.6 Å². The number of carbonyl (C=O) groups excluding carboxylic acids is 2. The van der Waals surface area contributed by atoms with Crippen LogP contribution in [0.2, 0.25) is 0 Å². The van der Waals surface area contributed by atoms with Crippen LogP contribution in [-0.4, -0.2) is 22.0 Å². The third-order valence-electron chi connectivity index (χ3n) is 3.30. The van der Waals surface area contributed by atoms with Crippen molar-refractivity contribution in [1.29, 1.82) is 0 Å². The Hall–Kier alpha value is -3.62. The van der Waals surface area contributed by atoms with Gasteiger partial charge in [-0.05, 0) is 31.2 Å². The van der Waals surface area contributed by atoms with Crippen LogP contribution in [-0.2, 0) is 0 Å². The third-order valence-corrected chi connectivity index (χ3v) is 3.30. The van der Waals surface area contributed by atoms with Crippen molar-refractivity contribution in [3.63, 3.8) is 0 Å². The Bertz CT molecular complexity index is 988. The van der Waals surface area contributed by atoms with Gasteiger partial charge in [-0.2, -0.15) is 0 Å². The summed E-state index contributed by atoms with van der Waals surface area (Å²) in [5, 5.41) is 8.52. The molecule has 0 unspecified atom stereocenters. The van der Waals surface area contributed by atoms with Crippen molar-refractivity contribution in [2.45, 2.75) is 6.92 Å². The number of halogens is 2. The topological polar surface area (TPSA) is 97.1 Å². The van der Waals surface area contributed by atoms with E-state index in [-0.39, 0.29) is 22.8 Å². The van der Waals surface area contributed by atoms with Crippen molar-refractivity contribution >= 4 is 23.3 Å². The Morgan fingerprint density at radius 2 is 1.81 bits per heavy atom. The van der Waals surface area contributed by atoms with Crippen LogP contribution in [0.3, 0.4) is 0 Å². The molecule has 3 aromatic rings. The van der Waals surface area contributed by atoms with E-state index >= 15 is 0 Å². The molecule has 0 saturated carbocycles. The maximum absolute atomic E-state index is 13.2. The Kier molecular flexibility index (Phi) is 4.70. The summed E-state index contributed by atoms with van der Waals surface area (Å²) < 4.78 is 31.0. The molecular weight excluding hydrogens is 346 g/mol. The third kappa shape index (κ3) is 3.89. The molecule has 0 radical (unpaired) electrons. The fourth-order valence-corrected chi connectivity index (χ4v) is 2.08. The van der Waals surface area contributed by atoms with Crippen LogP contribution in [0.1, 0.15) is 26.6 Å². The number of rotatable bonds is 4. The van der Waals surface area contributed by atoms with Gasteiger partial charge in [0, 0.05) is 29.6 Å². The van der Waals surface area contributed by atoms with Gasteiger partial charge in [-0.25, -0.2) is 8.78 Å². The van der Waals surface area contributed by atoms with E-state index in [1.807, 2.05) is 0 Å². The van der Waals surface area contributed by atoms with Gasteiger partial charge in [0.1, 0.15) is 11.5 Å². The number of anilines is 2. The Morgan fingerprint density at radius 1 is 1.00 bits per heavy atom. The zero-order valence-corrected chi connectivity index (χ0v) is 13.4. The molecule has 0 bridgehead atoms. The highest BCUT2D eigenvalue weighted by Gasteiger charge is 2.14. The first-order valence-corrected chi connectivity index (χ1v) is 7.39. The molecule has 0 aliphatic carbocycles. The number of pyridine rings is 1. The molecule has 0 spiro atoms. The maximum atomic E-state index is 13.2. The van der Waals surface area contributed by atoms with E-state index in [0.29, 0.717) is 5.76 Å². The second kappa shape index (κ2) is 7.09. The predicted octanol–water partition coefficient (Wildman–Crippen LogP) is 3.16. The number of hydrogen-bond acceptors (Lipinski definition) is 5. The van der Waals surface area contributed by atoms with E-state index in [0.717, 1.165) is 12.1 Å². The second-order valence-corrected chi connectivity index (χ2v) is 5.29. The van der Waals surface area contributed by atoms with Crippen molar-refractivity contribution in [3.05, 3.63) is 71.2 Å². The highest BCUT2D eigenvalue weighted by Crippen LogP contribution is 2.15. The SMILES string of the molecule is Cc1cc(NC(=O)c2cc(C(=O)Nc3ccc(F)c(F)c3)ccn2)no1. The molecule has 0 atom stereocenters. The van der Waals surface area contributed by atoms with Crippen LogP contribution in [0, 0.1) is 18.6 Å². The van der Waals surface area contributed by atoms with Crippen LogP contribution >= 0.6 is 0 Å². The molecular formula is C17H12F2N4O3. The molecule has 2 heterocycles. The van der Waals surface area contributed by atoms with E-state index in [1.165, 1.54) is 30.5 Å². The standard InChI is InChI=1S/C17H12F2N4O3/c1-9-6-15(23-26-9)22-17(25)14-7-10(4-5-20-14)16(24)21-11-2-3-12(18)13(19)8-11/h2-8H,1H3,(H,21,24)(H,22,23,25). The molecule has 7 nitrogen and oxygen atoms in total. The van der Waals surface area contributed by atoms with Gasteiger partial charge in [0.15, 0.2) is 17.5 Å². The lowest BCUT2D eigenvalue weighted by Crippen LogP contribution is -2.17. The fraction of sp³-hybridized carbons (Fsp3) is 0.0588. The maximum Gasteiger partial charge on any atom is 0.275 e. The van der Waals surface area contributed by atoms with Gasteiger partial charge >= 0.3 is 0 Å². The summed E-state index contributed by atoms with van der Waals surface area (Å²) >= 11 is 0. The number of amides is 2. The lowest BCUT2D eigenvalue weighted by atomic mass is 10.2. The van der Waals surface area contributed by atoms with E-state index in [1.54, 1.807) is 6.92 Å². The molecule has 2 amide bonds. The molecule has 9 heteroatoms. The minimum absolute atomic E-state index is 0.0245. The highest BCUT2D eigenvalue weighted by molar-refractivity contribution is 6.07. The van der Waals surface area contributed by atoms with Gasteiger partial charge in [0.25, 0.3) is 11.8 Å². The van der Waals surface area contributed by atoms with Crippen molar-refractivity contribution in [1.82, 2.24) is 10.1 Å². The minimum atomic E-state index is -1.08. The van der Waals surface area contributed by atoms with Gasteiger partial charge in [0.2, 0.25) is 0 Å². The van der Waals surface area contributed by atoms with Crippen molar-refractivity contribution in [2.24, 2.45) is 0 Å². The number of aryl methyl sites for hydroxylation is 1. The van der Waals surface area contributed by atoms with Crippen LogP contribution < -0.4 is 10.6 Å². The van der Waals surface area contributed by atoms with Crippen LogP contribution in [0.4, 0.5) is 20.3 Å². The summed E-state index contributed by atoms with van der Waals surface area (Å²) in [5.41, 5.74) is 0.171. The lowest BCUT2D eigenvalue weighted by Gasteiger charge is -2.07. The molecule has 1 aromatic carbocycles. The van der Waals surface area contributed by atoms with Crippen LogP contribution in [0.15, 0.2) is 47.1 Å². The number of nitrogens with zero attached hydrogens (tertiary/aromatic N) is 2. The number of carbonyl (C=O) groups is 2. The zero-order valence-electron chi connectivity index (χ0n) is 13.4. The molecule has 26 heavy (non-hydrogen) atoms. The van der Waals surface area contributed by atoms with Gasteiger partial charge < -0.3 is 15.2 Å². The first-order chi connectivity index (χ1) is 12.4. The molecule has 0 fully saturated rings. The summed E-state index contributed by atoms with van der Waals surface area (Å²) in [7, 11) is 0. The second-order valence-electron chi connectivity index (χ2n) is 5.29.